The Morgan fingerprint density at radius 2 is 1.79 bits per heavy atom. The van der Waals surface area contributed by atoms with Gasteiger partial charge in [-0.25, -0.2) is 4.98 Å². The number of ether oxygens (including phenoxy) is 1. The number of carbonyl (C=O) groups is 1. The van der Waals surface area contributed by atoms with Gasteiger partial charge in [0.15, 0.2) is 5.82 Å². The summed E-state index contributed by atoms with van der Waals surface area (Å²) in [6, 6.07) is 18.7. The molecule has 1 amide bonds. The van der Waals surface area contributed by atoms with Crippen LogP contribution in [0.1, 0.15) is 47.8 Å². The van der Waals surface area contributed by atoms with E-state index in [0.717, 1.165) is 22.3 Å². The number of nitrogens with one attached hydrogen (secondary N) is 2. The molecule has 202 valence electrons. The molecule has 0 bridgehead atoms. The van der Waals surface area contributed by atoms with Crippen molar-refractivity contribution in [2.24, 2.45) is 12.8 Å². The van der Waals surface area contributed by atoms with Crippen molar-refractivity contribution in [3.63, 3.8) is 0 Å². The second-order valence-electron chi connectivity index (χ2n) is 10.5. The van der Waals surface area contributed by atoms with Gasteiger partial charge in [0.05, 0.1) is 12.8 Å². The summed E-state index contributed by atoms with van der Waals surface area (Å²) in [5.41, 5.74) is 11.7. The van der Waals surface area contributed by atoms with E-state index >= 15 is 0 Å². The van der Waals surface area contributed by atoms with E-state index in [2.05, 4.69) is 36.4 Å². The maximum atomic E-state index is 13.0. The first-order chi connectivity index (χ1) is 18.5. The van der Waals surface area contributed by atoms with Crippen molar-refractivity contribution in [2.45, 2.75) is 39.7 Å². The molecule has 4 N–H and O–H groups in total. The fourth-order valence-corrected chi connectivity index (χ4v) is 4.31. The van der Waals surface area contributed by atoms with Crippen molar-refractivity contribution in [1.82, 2.24) is 9.55 Å². The van der Waals surface area contributed by atoms with Crippen LogP contribution >= 0.6 is 0 Å². The van der Waals surface area contributed by atoms with E-state index in [1.54, 1.807) is 26.4 Å². The SMILES string of the molecule is COc1cc(Nc2nc(-c3cccc(NC(=O)c4ccc(C(C)(C)C)cc4)c3C)cn(C)c2=O)ccc1CN. The van der Waals surface area contributed by atoms with Crippen molar-refractivity contribution in [3.8, 4) is 17.0 Å². The van der Waals surface area contributed by atoms with Gasteiger partial charge in [-0.3, -0.25) is 9.59 Å². The minimum absolute atomic E-state index is 0.0103. The molecule has 0 aliphatic carbocycles. The lowest BCUT2D eigenvalue weighted by atomic mass is 9.86. The summed E-state index contributed by atoms with van der Waals surface area (Å²) in [6.07, 6.45) is 1.69. The molecule has 4 aromatic rings. The number of hydrogen-bond acceptors (Lipinski definition) is 6. The maximum absolute atomic E-state index is 13.0. The molecular formula is C31H35N5O3. The Balaban J connectivity index is 1.63. The quantitative estimate of drug-likeness (QED) is 0.293. The number of methoxy groups -OCH3 is 1. The molecule has 4 rings (SSSR count). The number of hydrogen-bond donors (Lipinski definition) is 3. The van der Waals surface area contributed by atoms with Gasteiger partial charge in [-0.05, 0) is 47.7 Å². The van der Waals surface area contributed by atoms with Gasteiger partial charge in [0, 0.05) is 53.9 Å². The highest BCUT2D eigenvalue weighted by atomic mass is 16.5. The number of benzene rings is 3. The normalized spacial score (nSPS) is 11.3. The molecule has 1 heterocycles. The summed E-state index contributed by atoms with van der Waals surface area (Å²) in [4.78, 5) is 30.6. The van der Waals surface area contributed by atoms with Gasteiger partial charge in [0.25, 0.3) is 11.5 Å². The first-order valence-electron chi connectivity index (χ1n) is 12.8. The van der Waals surface area contributed by atoms with Gasteiger partial charge in [-0.1, -0.05) is 51.1 Å². The number of rotatable bonds is 7. The third kappa shape index (κ3) is 6.02. The summed E-state index contributed by atoms with van der Waals surface area (Å²) >= 11 is 0. The van der Waals surface area contributed by atoms with Crippen LogP contribution in [0.4, 0.5) is 17.2 Å². The zero-order valence-corrected chi connectivity index (χ0v) is 23.3. The molecule has 0 saturated heterocycles. The Bertz CT molecular complexity index is 1570. The standard InChI is InChI=1S/C31H35N5O3/c1-19-24(8-7-9-25(19)35-29(37)20-10-13-22(14-11-20)31(2,3)4)26-18-36(5)30(38)28(34-26)33-23-15-12-21(17-32)27(16-23)39-6/h7-16,18H,17,32H2,1-6H3,(H,33,34)(H,35,37). The van der Waals surface area contributed by atoms with E-state index < -0.39 is 0 Å². The van der Waals surface area contributed by atoms with Crippen LogP contribution < -0.4 is 26.7 Å². The lowest BCUT2D eigenvalue weighted by Gasteiger charge is -2.19. The molecular weight excluding hydrogens is 490 g/mol. The molecule has 0 aliphatic rings. The van der Waals surface area contributed by atoms with Crippen molar-refractivity contribution in [3.05, 3.63) is 99.5 Å². The van der Waals surface area contributed by atoms with Gasteiger partial charge >= 0.3 is 0 Å². The Labute approximate surface area is 228 Å². The van der Waals surface area contributed by atoms with Crippen LogP contribution in [0.15, 0.2) is 71.7 Å². The van der Waals surface area contributed by atoms with Gasteiger partial charge < -0.3 is 25.7 Å². The monoisotopic (exact) mass is 525 g/mol. The average molecular weight is 526 g/mol. The average Bonchev–Trinajstić information content (AvgIpc) is 2.91. The predicted octanol–water partition coefficient (Wildman–Crippen LogP) is 5.52. The molecule has 1 aromatic heterocycles. The summed E-state index contributed by atoms with van der Waals surface area (Å²) < 4.78 is 6.90. The van der Waals surface area contributed by atoms with Crippen LogP contribution in [0.5, 0.6) is 5.75 Å². The zero-order valence-electron chi connectivity index (χ0n) is 23.3. The molecule has 8 heteroatoms. The number of aryl methyl sites for hydroxylation is 1. The third-order valence-electron chi connectivity index (χ3n) is 6.71. The molecule has 0 fully saturated rings. The molecule has 0 atom stereocenters. The van der Waals surface area contributed by atoms with Crippen molar-refractivity contribution in [2.75, 3.05) is 17.7 Å². The lowest BCUT2D eigenvalue weighted by molar-refractivity contribution is 0.102. The summed E-state index contributed by atoms with van der Waals surface area (Å²) in [7, 11) is 3.25. The highest BCUT2D eigenvalue weighted by Crippen LogP contribution is 2.29. The molecule has 0 radical (unpaired) electrons. The number of amides is 1. The van der Waals surface area contributed by atoms with Gasteiger partial charge in [-0.2, -0.15) is 0 Å². The van der Waals surface area contributed by atoms with Gasteiger partial charge in [-0.15, -0.1) is 0 Å². The van der Waals surface area contributed by atoms with Gasteiger partial charge in [0.2, 0.25) is 0 Å². The third-order valence-corrected chi connectivity index (χ3v) is 6.71. The Morgan fingerprint density at radius 1 is 1.08 bits per heavy atom. The van der Waals surface area contributed by atoms with Crippen LogP contribution in [0.25, 0.3) is 11.3 Å². The Morgan fingerprint density at radius 3 is 2.44 bits per heavy atom. The minimum atomic E-state index is -0.276. The van der Waals surface area contributed by atoms with E-state index in [-0.39, 0.29) is 22.7 Å². The molecule has 3 aromatic carbocycles. The summed E-state index contributed by atoms with van der Waals surface area (Å²) in [6.45, 7) is 8.68. The molecule has 39 heavy (non-hydrogen) atoms. The van der Waals surface area contributed by atoms with Crippen molar-refractivity contribution >= 4 is 23.1 Å². The molecule has 0 aliphatic heterocycles. The fraction of sp³-hybridized carbons (Fsp3) is 0.258. The van der Waals surface area contributed by atoms with Crippen LogP contribution in [-0.4, -0.2) is 22.6 Å². The Kier molecular flexibility index (Phi) is 7.88. The van der Waals surface area contributed by atoms with Crippen molar-refractivity contribution in [1.29, 1.82) is 0 Å². The van der Waals surface area contributed by atoms with E-state index in [1.807, 2.05) is 61.5 Å². The molecule has 0 saturated carbocycles. The second kappa shape index (κ2) is 11.1. The first-order valence-corrected chi connectivity index (χ1v) is 12.8. The molecule has 0 spiro atoms. The van der Waals surface area contributed by atoms with Crippen LogP contribution in [0, 0.1) is 6.92 Å². The van der Waals surface area contributed by atoms with Crippen LogP contribution in [0.3, 0.4) is 0 Å². The number of anilines is 3. The lowest BCUT2D eigenvalue weighted by Crippen LogP contribution is -2.21. The first kappa shape index (κ1) is 27.6. The largest absolute Gasteiger partial charge is 0.496 e. The molecule has 8 nitrogen and oxygen atoms in total. The molecule has 0 unspecified atom stereocenters. The van der Waals surface area contributed by atoms with Crippen LogP contribution in [0.2, 0.25) is 0 Å². The number of nitrogens with zero attached hydrogens (tertiary/aromatic N) is 2. The van der Waals surface area contributed by atoms with Crippen molar-refractivity contribution < 1.29 is 9.53 Å². The Hall–Kier alpha value is -4.43. The van der Waals surface area contributed by atoms with Crippen LogP contribution in [-0.2, 0) is 19.0 Å². The zero-order chi connectivity index (χ0) is 28.3. The number of aromatic nitrogens is 2. The van der Waals surface area contributed by atoms with E-state index in [4.69, 9.17) is 10.5 Å². The van der Waals surface area contributed by atoms with E-state index in [1.165, 1.54) is 4.57 Å². The highest BCUT2D eigenvalue weighted by Gasteiger charge is 2.17. The van der Waals surface area contributed by atoms with E-state index in [9.17, 15) is 9.59 Å². The second-order valence-corrected chi connectivity index (χ2v) is 10.5. The topological polar surface area (TPSA) is 111 Å². The number of carbonyl (C=O) groups excluding carboxylic acids is 1. The highest BCUT2D eigenvalue weighted by molar-refractivity contribution is 6.05. The predicted molar refractivity (Wildman–Crippen MR) is 157 cm³/mol. The smallest absolute Gasteiger partial charge is 0.293 e. The number of nitrogens with two attached hydrogens (primary N) is 1. The fourth-order valence-electron chi connectivity index (χ4n) is 4.31. The van der Waals surface area contributed by atoms with E-state index in [0.29, 0.717) is 34.9 Å². The van der Waals surface area contributed by atoms with Gasteiger partial charge in [0.1, 0.15) is 5.75 Å². The summed E-state index contributed by atoms with van der Waals surface area (Å²) in [5, 5.41) is 6.14. The summed E-state index contributed by atoms with van der Waals surface area (Å²) in [5.74, 6) is 0.606. The maximum Gasteiger partial charge on any atom is 0.293 e. The minimum Gasteiger partial charge on any atom is -0.496 e.